The smallest absolute Gasteiger partial charge is 0.254 e. The van der Waals surface area contributed by atoms with E-state index >= 15 is 0 Å². The molecule has 2 saturated carbocycles. The molecule has 2 aromatic rings. The summed E-state index contributed by atoms with van der Waals surface area (Å²) in [5.41, 5.74) is 2.24. The number of hydrogen-bond donors (Lipinski definition) is 2. The number of pyridine rings is 1. The molecule has 2 N–H and O–H groups in total. The van der Waals surface area contributed by atoms with Crippen molar-refractivity contribution in [2.24, 2.45) is 5.92 Å². The lowest BCUT2D eigenvalue weighted by atomic mass is 9.81. The van der Waals surface area contributed by atoms with Crippen LogP contribution < -0.4 is 20.3 Å². The number of benzene rings is 1. The molecular formula is C30H38ClN3O5S. The Hall–Kier alpha value is -2.20. The van der Waals surface area contributed by atoms with E-state index in [1.54, 1.807) is 6.07 Å². The lowest BCUT2D eigenvalue weighted by molar-refractivity contribution is -0.0888. The van der Waals surface area contributed by atoms with Crippen LogP contribution in [0.25, 0.3) is 0 Å². The summed E-state index contributed by atoms with van der Waals surface area (Å²) in [5, 5.41) is 3.26. The minimum absolute atomic E-state index is 0.0703. The van der Waals surface area contributed by atoms with Gasteiger partial charge >= 0.3 is 0 Å². The number of aromatic nitrogens is 1. The maximum absolute atomic E-state index is 13.3. The molecule has 6 rings (SSSR count). The predicted octanol–water partition coefficient (Wildman–Crippen LogP) is 4.86. The third kappa shape index (κ3) is 5.75. The zero-order valence-corrected chi connectivity index (χ0v) is 25.0. The monoisotopic (exact) mass is 587 g/mol. The molecule has 2 aliphatic heterocycles. The lowest BCUT2D eigenvalue weighted by Crippen LogP contribution is -2.57. The van der Waals surface area contributed by atoms with Crippen LogP contribution in [0.4, 0.5) is 0 Å². The molecule has 1 atom stereocenters. The Kier molecular flexibility index (Phi) is 8.09. The molecule has 1 saturated heterocycles. The zero-order valence-electron chi connectivity index (χ0n) is 23.4. The number of thioether (sulfide) groups is 1. The standard InChI is InChI=1S/C30H38ClN3O5S/c1-16-10-26(40-3)23(30(36)33-16)12-32-29(35)22-11-24(31)28-27(17(22)2)39-25(15-37-28)18-4-6-19(7-5-18)34-13-21(14-34)38-20-8-9-20/h10-11,18-21,25H,4-9,12-15H2,1-3H3,(H,32,35)(H,33,36)/t18-,19+,25-/m1/s1. The van der Waals surface area contributed by atoms with Gasteiger partial charge in [0.2, 0.25) is 0 Å². The molecule has 10 heteroatoms. The first-order valence-electron chi connectivity index (χ1n) is 14.4. The number of carbonyl (C=O) groups is 1. The Bertz CT molecular complexity index is 1330. The summed E-state index contributed by atoms with van der Waals surface area (Å²) >= 11 is 8.05. The van der Waals surface area contributed by atoms with Gasteiger partial charge in [-0.05, 0) is 76.7 Å². The van der Waals surface area contributed by atoms with Gasteiger partial charge in [0.1, 0.15) is 12.7 Å². The molecule has 216 valence electrons. The van der Waals surface area contributed by atoms with Gasteiger partial charge in [0.05, 0.1) is 17.2 Å². The summed E-state index contributed by atoms with van der Waals surface area (Å²) in [6.07, 6.45) is 9.78. The largest absolute Gasteiger partial charge is 0.484 e. The lowest BCUT2D eigenvalue weighted by Gasteiger charge is -2.47. The van der Waals surface area contributed by atoms with Crippen LogP contribution in [0.2, 0.25) is 5.02 Å². The molecule has 1 amide bonds. The fourth-order valence-electron chi connectivity index (χ4n) is 6.27. The number of nitrogens with zero attached hydrogens (tertiary/aromatic N) is 1. The number of aryl methyl sites for hydroxylation is 1. The predicted molar refractivity (Wildman–Crippen MR) is 156 cm³/mol. The van der Waals surface area contributed by atoms with Crippen molar-refractivity contribution >= 4 is 29.3 Å². The number of halogens is 1. The van der Waals surface area contributed by atoms with Crippen LogP contribution in [-0.4, -0.2) is 66.1 Å². The molecule has 8 nitrogen and oxygen atoms in total. The van der Waals surface area contributed by atoms with Crippen LogP contribution in [0.3, 0.4) is 0 Å². The van der Waals surface area contributed by atoms with Crippen molar-refractivity contribution < 1.29 is 19.0 Å². The second kappa shape index (κ2) is 11.6. The van der Waals surface area contributed by atoms with Crippen molar-refractivity contribution in [3.63, 3.8) is 0 Å². The second-order valence-corrected chi connectivity index (χ2v) is 12.9. The minimum Gasteiger partial charge on any atom is -0.484 e. The van der Waals surface area contributed by atoms with Crippen LogP contribution in [0, 0.1) is 19.8 Å². The SMILES string of the molecule is CSc1cc(C)[nH]c(=O)c1CNC(=O)c1cc(Cl)c2c(c1C)O[C@@H]([C@H]1CC[C@@H](N3CC(OC4CC4)C3)CC1)CO2. The third-order valence-corrected chi connectivity index (χ3v) is 9.87. The molecule has 0 unspecified atom stereocenters. The number of amides is 1. The van der Waals surface area contributed by atoms with E-state index in [-0.39, 0.29) is 24.1 Å². The molecule has 40 heavy (non-hydrogen) atoms. The molecule has 0 radical (unpaired) electrons. The van der Waals surface area contributed by atoms with E-state index in [0.29, 0.717) is 64.0 Å². The quantitative estimate of drug-likeness (QED) is 0.426. The van der Waals surface area contributed by atoms with Crippen LogP contribution >= 0.6 is 23.4 Å². The molecule has 3 fully saturated rings. The zero-order chi connectivity index (χ0) is 28.0. The van der Waals surface area contributed by atoms with Crippen molar-refractivity contribution in [2.45, 2.75) is 88.2 Å². The Morgan fingerprint density at radius 3 is 2.58 bits per heavy atom. The first-order valence-corrected chi connectivity index (χ1v) is 16.0. The second-order valence-electron chi connectivity index (χ2n) is 11.6. The van der Waals surface area contributed by atoms with E-state index < -0.39 is 0 Å². The molecule has 3 heterocycles. The van der Waals surface area contributed by atoms with Gasteiger partial charge in [-0.2, -0.15) is 0 Å². The number of nitrogens with one attached hydrogen (secondary N) is 2. The number of H-pyrrole nitrogens is 1. The van der Waals surface area contributed by atoms with E-state index in [4.69, 9.17) is 25.8 Å². The van der Waals surface area contributed by atoms with E-state index in [9.17, 15) is 9.59 Å². The van der Waals surface area contributed by atoms with Crippen LogP contribution in [0.15, 0.2) is 21.8 Å². The van der Waals surface area contributed by atoms with E-state index in [1.165, 1.54) is 24.6 Å². The Morgan fingerprint density at radius 1 is 1.12 bits per heavy atom. The van der Waals surface area contributed by atoms with Crippen LogP contribution in [0.1, 0.15) is 65.7 Å². The Morgan fingerprint density at radius 2 is 1.88 bits per heavy atom. The molecule has 4 aliphatic rings. The van der Waals surface area contributed by atoms with Gasteiger partial charge in [0.15, 0.2) is 11.5 Å². The van der Waals surface area contributed by atoms with Crippen LogP contribution in [-0.2, 0) is 11.3 Å². The first-order chi connectivity index (χ1) is 19.3. The van der Waals surface area contributed by atoms with Crippen molar-refractivity contribution in [3.8, 4) is 11.5 Å². The van der Waals surface area contributed by atoms with Gasteiger partial charge in [0.25, 0.3) is 11.5 Å². The van der Waals surface area contributed by atoms with Gasteiger partial charge in [-0.1, -0.05) is 11.6 Å². The van der Waals surface area contributed by atoms with E-state index in [1.807, 2.05) is 26.2 Å². The number of ether oxygens (including phenoxy) is 3. The summed E-state index contributed by atoms with van der Waals surface area (Å²) in [7, 11) is 0. The summed E-state index contributed by atoms with van der Waals surface area (Å²) in [6, 6.07) is 4.17. The summed E-state index contributed by atoms with van der Waals surface area (Å²) in [4.78, 5) is 32.0. The number of hydrogen-bond acceptors (Lipinski definition) is 7. The van der Waals surface area contributed by atoms with Gasteiger partial charge < -0.3 is 24.5 Å². The number of likely N-dealkylation sites (tertiary alicyclic amines) is 1. The highest BCUT2D eigenvalue weighted by molar-refractivity contribution is 7.98. The van der Waals surface area contributed by atoms with E-state index in [0.717, 1.165) is 49.4 Å². The summed E-state index contributed by atoms with van der Waals surface area (Å²) in [6.45, 7) is 6.43. The van der Waals surface area contributed by atoms with Crippen molar-refractivity contribution in [2.75, 3.05) is 26.0 Å². The molecular weight excluding hydrogens is 550 g/mol. The first kappa shape index (κ1) is 27.9. The van der Waals surface area contributed by atoms with Crippen molar-refractivity contribution in [3.05, 3.63) is 49.9 Å². The molecule has 0 bridgehead atoms. The maximum atomic E-state index is 13.3. The van der Waals surface area contributed by atoms with Gasteiger partial charge in [-0.25, -0.2) is 0 Å². The number of rotatable bonds is 8. The molecule has 2 aliphatic carbocycles. The Balaban J connectivity index is 1.08. The number of aromatic amines is 1. The average molecular weight is 588 g/mol. The third-order valence-electron chi connectivity index (χ3n) is 8.79. The minimum atomic E-state index is -0.307. The van der Waals surface area contributed by atoms with Gasteiger partial charge in [-0.3, -0.25) is 14.5 Å². The molecule has 1 aromatic heterocycles. The average Bonchev–Trinajstić information content (AvgIpc) is 3.75. The fraction of sp³-hybridized carbons (Fsp3) is 0.600. The number of carbonyl (C=O) groups excluding carboxylic acids is 1. The summed E-state index contributed by atoms with van der Waals surface area (Å²) in [5.74, 6) is 1.15. The van der Waals surface area contributed by atoms with Crippen molar-refractivity contribution in [1.29, 1.82) is 0 Å². The normalized spacial score (nSPS) is 24.9. The fourth-order valence-corrected chi connectivity index (χ4v) is 7.22. The van der Waals surface area contributed by atoms with Gasteiger partial charge in [0, 0.05) is 53.0 Å². The highest BCUT2D eigenvalue weighted by Gasteiger charge is 2.40. The topological polar surface area (TPSA) is 92.9 Å². The maximum Gasteiger partial charge on any atom is 0.254 e. The highest BCUT2D eigenvalue weighted by atomic mass is 35.5. The van der Waals surface area contributed by atoms with Crippen molar-refractivity contribution in [1.82, 2.24) is 15.2 Å². The molecule has 0 spiro atoms. The Labute approximate surface area is 244 Å². The molecule has 1 aromatic carbocycles. The van der Waals surface area contributed by atoms with E-state index in [2.05, 4.69) is 15.2 Å². The van der Waals surface area contributed by atoms with Gasteiger partial charge in [-0.15, -0.1) is 11.8 Å². The summed E-state index contributed by atoms with van der Waals surface area (Å²) < 4.78 is 18.7. The highest BCUT2D eigenvalue weighted by Crippen LogP contribution is 2.45. The van der Waals surface area contributed by atoms with Crippen LogP contribution in [0.5, 0.6) is 11.5 Å². The number of fused-ring (bicyclic) bond motifs is 1.